The maximum atomic E-state index is 12.6. The molecule has 3 heterocycles. The Morgan fingerprint density at radius 3 is 2.71 bits per heavy atom. The lowest BCUT2D eigenvalue weighted by atomic mass is 10.2. The number of carbonyl (C=O) groups excluding carboxylic acids is 1. The van der Waals surface area contributed by atoms with Gasteiger partial charge in [-0.05, 0) is 6.07 Å². The zero-order chi connectivity index (χ0) is 17.2. The first-order valence-corrected chi connectivity index (χ1v) is 9.73. The second-order valence-electron chi connectivity index (χ2n) is 5.94. The molecule has 2 saturated heterocycles. The molecule has 9 heteroatoms. The molecule has 0 saturated carbocycles. The van der Waals surface area contributed by atoms with Gasteiger partial charge in [0, 0.05) is 50.4 Å². The predicted octanol–water partition coefficient (Wildman–Crippen LogP) is -0.0333. The SMILES string of the molecule is CS(=O)(=O)N1CCN(C(=O)c2ccnc(O[C@H]3CCOC3)c2)CC1. The highest BCUT2D eigenvalue weighted by molar-refractivity contribution is 7.88. The van der Waals surface area contributed by atoms with Gasteiger partial charge in [-0.1, -0.05) is 0 Å². The number of nitrogens with zero attached hydrogens (tertiary/aromatic N) is 3. The Hall–Kier alpha value is -1.71. The van der Waals surface area contributed by atoms with Crippen LogP contribution in [0.15, 0.2) is 18.3 Å². The van der Waals surface area contributed by atoms with Crippen molar-refractivity contribution in [3.63, 3.8) is 0 Å². The third-order valence-electron chi connectivity index (χ3n) is 4.15. The summed E-state index contributed by atoms with van der Waals surface area (Å²) in [6.07, 6.45) is 3.52. The average Bonchev–Trinajstić information content (AvgIpc) is 3.07. The van der Waals surface area contributed by atoms with Gasteiger partial charge in [-0.15, -0.1) is 0 Å². The lowest BCUT2D eigenvalue weighted by molar-refractivity contribution is 0.0697. The molecule has 0 unspecified atom stereocenters. The highest BCUT2D eigenvalue weighted by atomic mass is 32.2. The fraction of sp³-hybridized carbons (Fsp3) is 0.600. The number of sulfonamides is 1. The molecule has 0 bridgehead atoms. The van der Waals surface area contributed by atoms with Crippen molar-refractivity contribution in [3.05, 3.63) is 23.9 Å². The fourth-order valence-corrected chi connectivity index (χ4v) is 3.62. The van der Waals surface area contributed by atoms with E-state index in [0.29, 0.717) is 50.8 Å². The lowest BCUT2D eigenvalue weighted by Crippen LogP contribution is -2.50. The number of amides is 1. The van der Waals surface area contributed by atoms with Crippen molar-refractivity contribution in [2.45, 2.75) is 12.5 Å². The van der Waals surface area contributed by atoms with E-state index in [2.05, 4.69) is 4.98 Å². The molecule has 0 aromatic carbocycles. The van der Waals surface area contributed by atoms with Crippen LogP contribution in [0.3, 0.4) is 0 Å². The molecule has 8 nitrogen and oxygen atoms in total. The van der Waals surface area contributed by atoms with Crippen molar-refractivity contribution in [2.75, 3.05) is 45.6 Å². The summed E-state index contributed by atoms with van der Waals surface area (Å²) in [5.74, 6) is 0.268. The van der Waals surface area contributed by atoms with Gasteiger partial charge in [0.2, 0.25) is 15.9 Å². The van der Waals surface area contributed by atoms with Gasteiger partial charge in [0.25, 0.3) is 5.91 Å². The van der Waals surface area contributed by atoms with E-state index in [1.807, 2.05) is 0 Å². The maximum Gasteiger partial charge on any atom is 0.254 e. The van der Waals surface area contributed by atoms with E-state index in [9.17, 15) is 13.2 Å². The van der Waals surface area contributed by atoms with Crippen molar-refractivity contribution in [1.82, 2.24) is 14.2 Å². The number of carbonyl (C=O) groups is 1. The number of pyridine rings is 1. The summed E-state index contributed by atoms with van der Waals surface area (Å²) >= 11 is 0. The Morgan fingerprint density at radius 1 is 1.33 bits per heavy atom. The molecule has 0 spiro atoms. The van der Waals surface area contributed by atoms with Crippen LogP contribution in [0.25, 0.3) is 0 Å². The van der Waals surface area contributed by atoms with Crippen LogP contribution >= 0.6 is 0 Å². The molecule has 0 radical (unpaired) electrons. The largest absolute Gasteiger partial charge is 0.472 e. The summed E-state index contributed by atoms with van der Waals surface area (Å²) in [7, 11) is -3.21. The van der Waals surface area contributed by atoms with Crippen LogP contribution in [0.5, 0.6) is 5.88 Å². The number of hydrogen-bond donors (Lipinski definition) is 0. The summed E-state index contributed by atoms with van der Waals surface area (Å²) in [5.41, 5.74) is 0.492. The molecule has 0 N–H and O–H groups in total. The van der Waals surface area contributed by atoms with E-state index in [-0.39, 0.29) is 12.0 Å². The quantitative estimate of drug-likeness (QED) is 0.753. The normalized spacial score (nSPS) is 22.5. The summed E-state index contributed by atoms with van der Waals surface area (Å²) in [6.45, 7) is 2.60. The van der Waals surface area contributed by atoms with Crippen molar-refractivity contribution >= 4 is 15.9 Å². The van der Waals surface area contributed by atoms with Gasteiger partial charge in [0.15, 0.2) is 0 Å². The van der Waals surface area contributed by atoms with Crippen LogP contribution in [0.1, 0.15) is 16.8 Å². The van der Waals surface area contributed by atoms with Gasteiger partial charge in [-0.2, -0.15) is 4.31 Å². The Labute approximate surface area is 141 Å². The summed E-state index contributed by atoms with van der Waals surface area (Å²) < 4.78 is 35.4. The van der Waals surface area contributed by atoms with Crippen LogP contribution in [-0.2, 0) is 14.8 Å². The Bertz CT molecular complexity index is 695. The first kappa shape index (κ1) is 17.1. The van der Waals surface area contributed by atoms with Crippen molar-refractivity contribution in [2.24, 2.45) is 0 Å². The standard InChI is InChI=1S/C15H21N3O5S/c1-24(20,21)18-7-5-17(6-8-18)15(19)12-2-4-16-14(10-12)23-13-3-9-22-11-13/h2,4,10,13H,3,5-9,11H2,1H3/t13-/m0/s1. The summed E-state index contributed by atoms with van der Waals surface area (Å²) in [6, 6.07) is 3.27. The van der Waals surface area contributed by atoms with Gasteiger partial charge in [-0.3, -0.25) is 4.79 Å². The monoisotopic (exact) mass is 355 g/mol. The molecule has 2 aliphatic heterocycles. The minimum absolute atomic E-state index is 0.0267. The molecular formula is C15H21N3O5S. The zero-order valence-corrected chi connectivity index (χ0v) is 14.4. The van der Waals surface area contributed by atoms with Crippen LogP contribution in [0, 0.1) is 0 Å². The third-order valence-corrected chi connectivity index (χ3v) is 5.46. The minimum atomic E-state index is -3.21. The molecule has 132 valence electrons. The number of ether oxygens (including phenoxy) is 2. The second kappa shape index (κ2) is 7.04. The molecule has 3 rings (SSSR count). The van der Waals surface area contributed by atoms with Crippen molar-refractivity contribution in [1.29, 1.82) is 0 Å². The molecule has 2 aliphatic rings. The Kier molecular flexibility index (Phi) is 5.02. The Balaban J connectivity index is 1.63. The van der Waals surface area contributed by atoms with Gasteiger partial charge in [-0.25, -0.2) is 13.4 Å². The molecule has 2 fully saturated rings. The van der Waals surface area contributed by atoms with E-state index in [0.717, 1.165) is 6.42 Å². The first-order valence-electron chi connectivity index (χ1n) is 7.88. The van der Waals surface area contributed by atoms with Crippen LogP contribution in [0.4, 0.5) is 0 Å². The summed E-state index contributed by atoms with van der Waals surface area (Å²) in [5, 5.41) is 0. The highest BCUT2D eigenvalue weighted by Gasteiger charge is 2.27. The number of hydrogen-bond acceptors (Lipinski definition) is 6. The number of piperazine rings is 1. The van der Waals surface area contributed by atoms with E-state index in [4.69, 9.17) is 9.47 Å². The van der Waals surface area contributed by atoms with Crippen molar-refractivity contribution < 1.29 is 22.7 Å². The van der Waals surface area contributed by atoms with Gasteiger partial charge in [0.1, 0.15) is 6.10 Å². The molecule has 1 aromatic heterocycles. The second-order valence-corrected chi connectivity index (χ2v) is 7.92. The van der Waals surface area contributed by atoms with Gasteiger partial charge >= 0.3 is 0 Å². The number of rotatable bonds is 4. The lowest BCUT2D eigenvalue weighted by Gasteiger charge is -2.33. The smallest absolute Gasteiger partial charge is 0.254 e. The van der Waals surface area contributed by atoms with Crippen LogP contribution in [-0.4, -0.2) is 80.3 Å². The van der Waals surface area contributed by atoms with Crippen LogP contribution < -0.4 is 4.74 Å². The first-order chi connectivity index (χ1) is 11.4. The molecular weight excluding hydrogens is 334 g/mol. The fourth-order valence-electron chi connectivity index (χ4n) is 2.79. The molecule has 1 atom stereocenters. The average molecular weight is 355 g/mol. The van der Waals surface area contributed by atoms with E-state index in [1.54, 1.807) is 23.2 Å². The number of aromatic nitrogens is 1. The summed E-state index contributed by atoms with van der Waals surface area (Å²) in [4.78, 5) is 18.4. The van der Waals surface area contributed by atoms with Crippen molar-refractivity contribution in [3.8, 4) is 5.88 Å². The minimum Gasteiger partial charge on any atom is -0.472 e. The molecule has 1 aromatic rings. The molecule has 1 amide bonds. The Morgan fingerprint density at radius 2 is 2.08 bits per heavy atom. The zero-order valence-electron chi connectivity index (χ0n) is 13.6. The molecule has 24 heavy (non-hydrogen) atoms. The van der Waals surface area contributed by atoms with E-state index >= 15 is 0 Å². The topological polar surface area (TPSA) is 89.0 Å². The third kappa shape index (κ3) is 4.03. The highest BCUT2D eigenvalue weighted by Crippen LogP contribution is 2.17. The molecule has 0 aliphatic carbocycles. The van der Waals surface area contributed by atoms with Gasteiger partial charge < -0.3 is 14.4 Å². The van der Waals surface area contributed by atoms with Crippen LogP contribution in [0.2, 0.25) is 0 Å². The predicted molar refractivity (Wildman–Crippen MR) is 86.4 cm³/mol. The van der Waals surface area contributed by atoms with Gasteiger partial charge in [0.05, 0.1) is 19.5 Å². The van der Waals surface area contributed by atoms with E-state index < -0.39 is 10.0 Å². The van der Waals surface area contributed by atoms with E-state index in [1.165, 1.54) is 10.6 Å². The maximum absolute atomic E-state index is 12.6.